The lowest BCUT2D eigenvalue weighted by Crippen LogP contribution is -2.63. The number of benzene rings is 1. The zero-order valence-electron chi connectivity index (χ0n) is 16.3. The van der Waals surface area contributed by atoms with Gasteiger partial charge in [-0.2, -0.15) is 0 Å². The summed E-state index contributed by atoms with van der Waals surface area (Å²) in [6, 6.07) is 8.85. The number of amides is 2. The number of furan rings is 1. The van der Waals surface area contributed by atoms with Crippen LogP contribution >= 0.6 is 12.4 Å². The van der Waals surface area contributed by atoms with E-state index in [1.54, 1.807) is 6.07 Å². The zero-order chi connectivity index (χ0) is 19.6. The van der Waals surface area contributed by atoms with E-state index in [1.807, 2.05) is 24.3 Å². The minimum Gasteiger partial charge on any atom is -0.451 e. The number of nitrogens with one attached hydrogen (secondary N) is 3. The van der Waals surface area contributed by atoms with Gasteiger partial charge in [-0.25, -0.2) is 0 Å². The summed E-state index contributed by atoms with van der Waals surface area (Å²) in [5, 5.41) is 20.1. The standard InChI is InChI=1S/C21H27N3O4.ClH/c25-16-13-22-11-8-15(16)23-20(27)21(9-4-1-5-10-21)24-19(26)18-12-14-6-2-3-7-17(14)28-18;/h2-3,6-7,12,15-16,22,25H,1,4-5,8-11,13H2,(H,23,27)(H,24,26);1H. The van der Waals surface area contributed by atoms with Crippen LogP contribution in [-0.4, -0.2) is 47.7 Å². The molecule has 2 aromatic rings. The Balaban J connectivity index is 0.00000240. The van der Waals surface area contributed by atoms with Crippen molar-refractivity contribution in [2.24, 2.45) is 0 Å². The van der Waals surface area contributed by atoms with E-state index in [9.17, 15) is 14.7 Å². The van der Waals surface area contributed by atoms with Crippen LogP contribution in [0.25, 0.3) is 11.0 Å². The first-order valence-corrected chi connectivity index (χ1v) is 10.1. The van der Waals surface area contributed by atoms with Crippen LogP contribution in [0.1, 0.15) is 49.1 Å². The van der Waals surface area contributed by atoms with Crippen LogP contribution in [0, 0.1) is 0 Å². The molecule has 1 saturated carbocycles. The fourth-order valence-electron chi connectivity index (χ4n) is 4.25. The maximum Gasteiger partial charge on any atom is 0.287 e. The van der Waals surface area contributed by atoms with Crippen LogP contribution in [0.15, 0.2) is 34.7 Å². The van der Waals surface area contributed by atoms with Crippen LogP contribution in [-0.2, 0) is 4.79 Å². The van der Waals surface area contributed by atoms with Gasteiger partial charge >= 0.3 is 0 Å². The van der Waals surface area contributed by atoms with E-state index in [-0.39, 0.29) is 36.0 Å². The van der Waals surface area contributed by atoms with Gasteiger partial charge in [0.1, 0.15) is 11.1 Å². The number of aliphatic hydroxyl groups is 1. The van der Waals surface area contributed by atoms with Gasteiger partial charge in [0.15, 0.2) is 5.76 Å². The Hall–Kier alpha value is -2.09. The van der Waals surface area contributed by atoms with E-state index < -0.39 is 11.6 Å². The Bertz CT molecular complexity index is 829. The van der Waals surface area contributed by atoms with Gasteiger partial charge < -0.3 is 25.5 Å². The monoisotopic (exact) mass is 421 g/mol. The lowest BCUT2D eigenvalue weighted by molar-refractivity contribution is -0.130. The first-order chi connectivity index (χ1) is 13.6. The molecule has 8 heteroatoms. The topological polar surface area (TPSA) is 104 Å². The highest BCUT2D eigenvalue weighted by molar-refractivity contribution is 6.00. The van der Waals surface area contributed by atoms with E-state index in [2.05, 4.69) is 16.0 Å². The Kier molecular flexibility index (Phi) is 6.82. The molecule has 0 radical (unpaired) electrons. The Labute approximate surface area is 176 Å². The van der Waals surface area contributed by atoms with Crippen molar-refractivity contribution in [2.45, 2.75) is 56.2 Å². The first-order valence-electron chi connectivity index (χ1n) is 10.1. The second kappa shape index (κ2) is 9.15. The Morgan fingerprint density at radius 1 is 1.17 bits per heavy atom. The molecule has 1 aromatic heterocycles. The van der Waals surface area contributed by atoms with Crippen LogP contribution in [0.3, 0.4) is 0 Å². The molecular weight excluding hydrogens is 394 g/mol. The summed E-state index contributed by atoms with van der Waals surface area (Å²) in [5.41, 5.74) is -0.313. The van der Waals surface area contributed by atoms with Gasteiger partial charge in [0.2, 0.25) is 5.91 Å². The molecule has 1 aliphatic carbocycles. The molecule has 29 heavy (non-hydrogen) atoms. The van der Waals surface area contributed by atoms with Crippen LogP contribution < -0.4 is 16.0 Å². The Morgan fingerprint density at radius 3 is 2.66 bits per heavy atom. The third kappa shape index (κ3) is 4.57. The molecule has 0 spiro atoms. The molecule has 1 aromatic carbocycles. The van der Waals surface area contributed by atoms with E-state index in [0.29, 0.717) is 31.4 Å². The lowest BCUT2D eigenvalue weighted by atomic mass is 9.80. The van der Waals surface area contributed by atoms with Gasteiger partial charge in [0, 0.05) is 11.9 Å². The highest BCUT2D eigenvalue weighted by atomic mass is 35.5. The van der Waals surface area contributed by atoms with Crippen LogP contribution in [0.4, 0.5) is 0 Å². The highest BCUT2D eigenvalue weighted by Gasteiger charge is 2.43. The SMILES string of the molecule is Cl.O=C(NC1(C(=O)NC2CCNCC2O)CCCCC1)c1cc2ccccc2o1. The molecule has 2 amide bonds. The third-order valence-corrected chi connectivity index (χ3v) is 5.91. The van der Waals surface area contributed by atoms with Gasteiger partial charge in [0.25, 0.3) is 5.91 Å². The van der Waals surface area contributed by atoms with Gasteiger partial charge in [-0.3, -0.25) is 9.59 Å². The van der Waals surface area contributed by atoms with Gasteiger partial charge in [-0.1, -0.05) is 37.5 Å². The molecule has 2 unspecified atom stereocenters. The molecule has 2 heterocycles. The maximum atomic E-state index is 13.2. The molecule has 4 rings (SSSR count). The average molecular weight is 422 g/mol. The second-order valence-electron chi connectivity index (χ2n) is 7.89. The van der Waals surface area contributed by atoms with Crippen molar-refractivity contribution in [1.29, 1.82) is 0 Å². The van der Waals surface area contributed by atoms with Crippen molar-refractivity contribution >= 4 is 35.2 Å². The minimum atomic E-state index is -0.959. The summed E-state index contributed by atoms with van der Waals surface area (Å²) in [5.74, 6) is -0.373. The molecule has 0 bridgehead atoms. The van der Waals surface area contributed by atoms with Crippen molar-refractivity contribution in [3.63, 3.8) is 0 Å². The molecule has 4 N–H and O–H groups in total. The molecule has 2 fully saturated rings. The van der Waals surface area contributed by atoms with Crippen molar-refractivity contribution in [2.75, 3.05) is 13.1 Å². The van der Waals surface area contributed by atoms with Crippen molar-refractivity contribution in [3.05, 3.63) is 36.1 Å². The van der Waals surface area contributed by atoms with E-state index in [1.165, 1.54) is 0 Å². The summed E-state index contributed by atoms with van der Waals surface area (Å²) in [6.07, 6.45) is 4.03. The minimum absolute atomic E-state index is 0. The number of halogens is 1. The summed E-state index contributed by atoms with van der Waals surface area (Å²) in [6.45, 7) is 1.21. The zero-order valence-corrected chi connectivity index (χ0v) is 17.1. The predicted octanol–water partition coefficient (Wildman–Crippen LogP) is 2.13. The quantitative estimate of drug-likeness (QED) is 0.605. The van der Waals surface area contributed by atoms with E-state index >= 15 is 0 Å². The summed E-state index contributed by atoms with van der Waals surface area (Å²) >= 11 is 0. The number of carbonyl (C=O) groups is 2. The molecule has 1 aliphatic heterocycles. The fraction of sp³-hybridized carbons (Fsp3) is 0.524. The molecule has 2 atom stereocenters. The molecule has 2 aliphatic rings. The molecule has 158 valence electrons. The highest BCUT2D eigenvalue weighted by Crippen LogP contribution is 2.30. The van der Waals surface area contributed by atoms with Crippen molar-refractivity contribution in [1.82, 2.24) is 16.0 Å². The number of β-amino-alcohol motifs (C(OH)–C–C–N with tert-alkyl or cyclic N) is 1. The third-order valence-electron chi connectivity index (χ3n) is 5.91. The second-order valence-corrected chi connectivity index (χ2v) is 7.89. The summed E-state index contributed by atoms with van der Waals surface area (Å²) in [7, 11) is 0. The van der Waals surface area contributed by atoms with Gasteiger partial charge in [0.05, 0.1) is 12.1 Å². The molecule has 1 saturated heterocycles. The maximum absolute atomic E-state index is 13.2. The summed E-state index contributed by atoms with van der Waals surface area (Å²) < 4.78 is 5.67. The van der Waals surface area contributed by atoms with Gasteiger partial charge in [-0.15, -0.1) is 12.4 Å². The molecule has 7 nitrogen and oxygen atoms in total. The lowest BCUT2D eigenvalue weighted by Gasteiger charge is -2.39. The smallest absolute Gasteiger partial charge is 0.287 e. The van der Waals surface area contributed by atoms with Crippen molar-refractivity contribution < 1.29 is 19.1 Å². The number of para-hydroxylation sites is 1. The number of aliphatic hydroxyl groups excluding tert-OH is 1. The summed E-state index contributed by atoms with van der Waals surface area (Å²) in [4.78, 5) is 26.1. The molecular formula is C21H28ClN3O4. The predicted molar refractivity (Wildman–Crippen MR) is 112 cm³/mol. The number of carbonyl (C=O) groups excluding carboxylic acids is 2. The van der Waals surface area contributed by atoms with Crippen LogP contribution in [0.5, 0.6) is 0 Å². The number of fused-ring (bicyclic) bond motifs is 1. The number of rotatable bonds is 4. The first kappa shape index (κ1) is 21.6. The van der Waals surface area contributed by atoms with Gasteiger partial charge in [-0.05, 0) is 37.9 Å². The number of piperidine rings is 1. The number of hydrogen-bond acceptors (Lipinski definition) is 5. The normalized spacial score (nSPS) is 23.8. The van der Waals surface area contributed by atoms with Crippen LogP contribution in [0.2, 0.25) is 0 Å². The number of hydrogen-bond donors (Lipinski definition) is 4. The van der Waals surface area contributed by atoms with Crippen molar-refractivity contribution in [3.8, 4) is 0 Å². The average Bonchev–Trinajstić information content (AvgIpc) is 3.15. The fourth-order valence-corrected chi connectivity index (χ4v) is 4.25. The Morgan fingerprint density at radius 2 is 1.93 bits per heavy atom. The van der Waals surface area contributed by atoms with E-state index in [4.69, 9.17) is 4.42 Å². The van der Waals surface area contributed by atoms with E-state index in [0.717, 1.165) is 31.2 Å². The largest absolute Gasteiger partial charge is 0.451 e.